The fourth-order valence-electron chi connectivity index (χ4n) is 5.41. The number of nitrogens with zero attached hydrogens (tertiary/aromatic N) is 2. The predicted octanol–water partition coefficient (Wildman–Crippen LogP) is 5.40. The Labute approximate surface area is 293 Å². The third kappa shape index (κ3) is 9.92. The SMILES string of the molecule is C[C@@H]1CCCCO[C@H](CN(C)S(=O)(=O)c2ccc(F)cc2)[C@H](C)CN([C@H](C)CO)C(=O)c2cc(NS(=O)(=O)c3ccc(Cl)cc3)ccc2O1. The van der Waals surface area contributed by atoms with E-state index in [1.165, 1.54) is 60.5 Å². The average molecular weight is 740 g/mol. The molecule has 0 aliphatic carbocycles. The summed E-state index contributed by atoms with van der Waals surface area (Å²) in [7, 11) is -6.60. The molecule has 1 aliphatic heterocycles. The van der Waals surface area contributed by atoms with E-state index >= 15 is 0 Å². The first-order valence-electron chi connectivity index (χ1n) is 16.0. The lowest BCUT2D eigenvalue weighted by atomic mass is 10.0. The van der Waals surface area contributed by atoms with Crippen molar-refractivity contribution in [1.82, 2.24) is 9.21 Å². The summed E-state index contributed by atoms with van der Waals surface area (Å²) in [4.78, 5) is 15.7. The van der Waals surface area contributed by atoms with Crippen LogP contribution in [0.3, 0.4) is 0 Å². The molecular formula is C34H43ClFN3O8S2. The zero-order chi connectivity index (χ0) is 35.9. The van der Waals surface area contributed by atoms with Gasteiger partial charge in [0.2, 0.25) is 10.0 Å². The van der Waals surface area contributed by atoms with Gasteiger partial charge in [-0.05, 0) is 99.8 Å². The molecule has 1 amide bonds. The van der Waals surface area contributed by atoms with Crippen LogP contribution in [-0.2, 0) is 24.8 Å². The highest BCUT2D eigenvalue weighted by Gasteiger charge is 2.32. The van der Waals surface area contributed by atoms with E-state index in [0.29, 0.717) is 24.5 Å². The van der Waals surface area contributed by atoms with Crippen LogP contribution in [0, 0.1) is 11.7 Å². The van der Waals surface area contributed by atoms with Crippen LogP contribution < -0.4 is 9.46 Å². The second-order valence-corrected chi connectivity index (χ2v) is 16.5. The molecule has 0 spiro atoms. The molecule has 1 heterocycles. The molecule has 0 bridgehead atoms. The topological polar surface area (TPSA) is 143 Å². The molecule has 1 aliphatic rings. The predicted molar refractivity (Wildman–Crippen MR) is 185 cm³/mol. The third-order valence-corrected chi connectivity index (χ3v) is 11.9. The summed E-state index contributed by atoms with van der Waals surface area (Å²) < 4.78 is 82.7. The molecule has 268 valence electrons. The summed E-state index contributed by atoms with van der Waals surface area (Å²) in [5.41, 5.74) is 0.207. The lowest BCUT2D eigenvalue weighted by Crippen LogP contribution is -2.48. The van der Waals surface area contributed by atoms with Crippen molar-refractivity contribution >= 4 is 43.2 Å². The number of hydrogen-bond donors (Lipinski definition) is 2. The summed E-state index contributed by atoms with van der Waals surface area (Å²) >= 11 is 5.93. The summed E-state index contributed by atoms with van der Waals surface area (Å²) in [5, 5.41) is 10.6. The third-order valence-electron chi connectivity index (χ3n) is 8.39. The highest BCUT2D eigenvalue weighted by molar-refractivity contribution is 7.92. The van der Waals surface area contributed by atoms with Gasteiger partial charge in [-0.2, -0.15) is 4.31 Å². The molecule has 0 radical (unpaired) electrons. The Morgan fingerprint density at radius 2 is 1.67 bits per heavy atom. The molecule has 15 heteroatoms. The number of nitrogens with one attached hydrogen (secondary N) is 1. The largest absolute Gasteiger partial charge is 0.490 e. The Bertz CT molecular complexity index is 1790. The maximum absolute atomic E-state index is 14.4. The molecule has 4 rings (SSSR count). The van der Waals surface area contributed by atoms with Crippen molar-refractivity contribution in [1.29, 1.82) is 0 Å². The molecule has 3 aromatic rings. The average Bonchev–Trinajstić information content (AvgIpc) is 3.06. The molecule has 0 unspecified atom stereocenters. The Morgan fingerprint density at radius 1 is 1.02 bits per heavy atom. The van der Waals surface area contributed by atoms with E-state index in [1.807, 2.05) is 13.8 Å². The first-order valence-corrected chi connectivity index (χ1v) is 19.3. The Balaban J connectivity index is 1.67. The molecular weight excluding hydrogens is 697 g/mol. The number of aliphatic hydroxyl groups is 1. The lowest BCUT2D eigenvalue weighted by Gasteiger charge is -2.35. The zero-order valence-electron chi connectivity index (χ0n) is 27.9. The Morgan fingerprint density at radius 3 is 2.33 bits per heavy atom. The number of rotatable bonds is 9. The standard InChI is InChI=1S/C34H43ClFN3O8S2/c1-23-20-39(24(2)22-40)34(41)31-19-28(37-48(42,43)29-13-8-26(35)9-14-29)12-17-32(31)47-25(3)7-5-6-18-46-33(23)21-38(4)49(44,45)30-15-10-27(36)11-16-30/h8-17,19,23-25,33,37,40H,5-7,18,20-22H2,1-4H3/t23-,24-,25-,33-/m1/s1. The quantitative estimate of drug-likeness (QED) is 0.297. The lowest BCUT2D eigenvalue weighted by molar-refractivity contribution is -0.00834. The molecule has 4 atom stereocenters. The van der Waals surface area contributed by atoms with Crippen LogP contribution in [0.15, 0.2) is 76.5 Å². The van der Waals surface area contributed by atoms with Gasteiger partial charge in [-0.1, -0.05) is 18.5 Å². The molecule has 0 fully saturated rings. The smallest absolute Gasteiger partial charge is 0.261 e. The zero-order valence-corrected chi connectivity index (χ0v) is 30.3. The number of aliphatic hydroxyl groups excluding tert-OH is 1. The molecule has 49 heavy (non-hydrogen) atoms. The summed E-state index contributed by atoms with van der Waals surface area (Å²) in [6, 6.07) is 14.0. The Hall–Kier alpha value is -3.27. The van der Waals surface area contributed by atoms with Gasteiger partial charge < -0.3 is 19.5 Å². The van der Waals surface area contributed by atoms with Crippen molar-refractivity contribution in [2.24, 2.45) is 5.92 Å². The minimum atomic E-state index is -4.03. The van der Waals surface area contributed by atoms with E-state index in [-0.39, 0.29) is 52.6 Å². The van der Waals surface area contributed by atoms with Crippen molar-refractivity contribution in [2.75, 3.05) is 38.1 Å². The summed E-state index contributed by atoms with van der Waals surface area (Å²) in [6.07, 6.45) is 1.05. The van der Waals surface area contributed by atoms with Crippen molar-refractivity contribution in [3.05, 3.63) is 83.1 Å². The minimum absolute atomic E-state index is 0.0185. The molecule has 0 saturated carbocycles. The normalized spacial score (nSPS) is 20.6. The number of ether oxygens (including phenoxy) is 2. The van der Waals surface area contributed by atoms with Crippen LogP contribution in [0.4, 0.5) is 10.1 Å². The fraction of sp³-hybridized carbons (Fsp3) is 0.441. The van der Waals surface area contributed by atoms with Crippen LogP contribution in [0.2, 0.25) is 5.02 Å². The number of benzene rings is 3. The van der Waals surface area contributed by atoms with Gasteiger partial charge in [0.05, 0.1) is 40.2 Å². The molecule has 3 aromatic carbocycles. The van der Waals surface area contributed by atoms with Crippen LogP contribution in [0.25, 0.3) is 0 Å². The summed E-state index contributed by atoms with van der Waals surface area (Å²) in [5.74, 6) is -1.25. The van der Waals surface area contributed by atoms with Crippen molar-refractivity contribution in [3.63, 3.8) is 0 Å². The number of carbonyl (C=O) groups excluding carboxylic acids is 1. The first kappa shape index (κ1) is 38.5. The molecule has 2 N–H and O–H groups in total. The monoisotopic (exact) mass is 739 g/mol. The van der Waals surface area contributed by atoms with E-state index in [4.69, 9.17) is 21.1 Å². The van der Waals surface area contributed by atoms with Gasteiger partial charge >= 0.3 is 0 Å². The number of likely N-dealkylation sites (N-methyl/N-ethyl adjacent to an activating group) is 1. The number of fused-ring (bicyclic) bond motifs is 1. The van der Waals surface area contributed by atoms with Gasteiger partial charge in [0.1, 0.15) is 11.6 Å². The number of anilines is 1. The fourth-order valence-corrected chi connectivity index (χ4v) is 7.77. The number of halogens is 2. The van der Waals surface area contributed by atoms with Gasteiger partial charge in [-0.3, -0.25) is 9.52 Å². The number of amides is 1. The second-order valence-electron chi connectivity index (χ2n) is 12.3. The first-order chi connectivity index (χ1) is 23.1. The van der Waals surface area contributed by atoms with E-state index in [9.17, 15) is 31.1 Å². The van der Waals surface area contributed by atoms with Gasteiger partial charge in [0.15, 0.2) is 0 Å². The van der Waals surface area contributed by atoms with E-state index in [1.54, 1.807) is 13.0 Å². The number of sulfonamides is 2. The van der Waals surface area contributed by atoms with E-state index < -0.39 is 49.8 Å². The highest BCUT2D eigenvalue weighted by atomic mass is 35.5. The van der Waals surface area contributed by atoms with Crippen LogP contribution >= 0.6 is 11.6 Å². The maximum Gasteiger partial charge on any atom is 0.261 e. The van der Waals surface area contributed by atoms with Crippen LogP contribution in [-0.4, -0.2) is 88.7 Å². The minimum Gasteiger partial charge on any atom is -0.490 e. The summed E-state index contributed by atoms with van der Waals surface area (Å²) in [6.45, 7) is 5.34. The number of carbonyl (C=O) groups is 1. The van der Waals surface area contributed by atoms with Crippen LogP contribution in [0.1, 0.15) is 50.4 Å². The number of hydrogen-bond acceptors (Lipinski definition) is 8. The van der Waals surface area contributed by atoms with Gasteiger partial charge in [0, 0.05) is 43.4 Å². The van der Waals surface area contributed by atoms with Crippen molar-refractivity contribution in [3.8, 4) is 5.75 Å². The van der Waals surface area contributed by atoms with Crippen molar-refractivity contribution < 1.29 is 40.6 Å². The van der Waals surface area contributed by atoms with Gasteiger partial charge in [-0.15, -0.1) is 0 Å². The Kier molecular flexibility index (Phi) is 13.1. The molecule has 11 nitrogen and oxygen atoms in total. The second kappa shape index (κ2) is 16.6. The van der Waals surface area contributed by atoms with Crippen LogP contribution in [0.5, 0.6) is 5.75 Å². The van der Waals surface area contributed by atoms with E-state index in [0.717, 1.165) is 22.9 Å². The molecule has 0 aromatic heterocycles. The molecule has 0 saturated heterocycles. The van der Waals surface area contributed by atoms with E-state index in [2.05, 4.69) is 4.72 Å². The van der Waals surface area contributed by atoms with Gasteiger partial charge in [0.25, 0.3) is 15.9 Å². The highest BCUT2D eigenvalue weighted by Crippen LogP contribution is 2.30. The van der Waals surface area contributed by atoms with Crippen molar-refractivity contribution in [2.45, 2.75) is 68.1 Å². The van der Waals surface area contributed by atoms with Gasteiger partial charge in [-0.25, -0.2) is 21.2 Å². The maximum atomic E-state index is 14.4.